The molecular weight excluding hydrogens is 599 g/mol. The minimum Gasteiger partial charge on any atom is -0.322 e. The van der Waals surface area contributed by atoms with Gasteiger partial charge in [0.25, 0.3) is 5.91 Å². The van der Waals surface area contributed by atoms with Crippen molar-refractivity contribution in [3.63, 3.8) is 0 Å². The number of nitrogens with zero attached hydrogens (tertiary/aromatic N) is 2. The molecule has 4 aromatic carbocycles. The summed E-state index contributed by atoms with van der Waals surface area (Å²) in [6, 6.07) is 23.2. The van der Waals surface area contributed by atoms with Crippen molar-refractivity contribution in [3.8, 4) is 11.1 Å². The zero-order valence-electron chi connectivity index (χ0n) is 25.1. The van der Waals surface area contributed by atoms with Crippen LogP contribution in [0.25, 0.3) is 11.1 Å². The number of piperazine rings is 1. The molecule has 0 spiro atoms. The summed E-state index contributed by atoms with van der Waals surface area (Å²) in [5.74, 6) is -0.339. The first kappa shape index (κ1) is 31.0. The molecule has 1 N–H and O–H groups in total. The Bertz CT molecular complexity index is 1830. The van der Waals surface area contributed by atoms with E-state index in [-0.39, 0.29) is 11.9 Å². The Kier molecular flexibility index (Phi) is 8.32. The Labute approximate surface area is 261 Å². The number of fused-ring (bicyclic) bond motifs is 1. The molecule has 2 aliphatic rings. The third-order valence-electron chi connectivity index (χ3n) is 8.84. The largest absolute Gasteiger partial charge is 0.416 e. The first-order chi connectivity index (χ1) is 21.4. The third kappa shape index (κ3) is 6.40. The van der Waals surface area contributed by atoms with Crippen LogP contribution in [0, 0.1) is 13.8 Å². The molecule has 6 rings (SSSR count). The van der Waals surface area contributed by atoms with Crippen molar-refractivity contribution >= 4 is 21.6 Å². The van der Waals surface area contributed by atoms with Gasteiger partial charge in [-0.3, -0.25) is 9.69 Å². The molecule has 0 saturated carbocycles. The lowest BCUT2D eigenvalue weighted by Crippen LogP contribution is -2.52. The monoisotopic (exact) mass is 633 g/mol. The zero-order valence-corrected chi connectivity index (χ0v) is 25.9. The Hall–Kier alpha value is -3.99. The summed E-state index contributed by atoms with van der Waals surface area (Å²) < 4.78 is 67.2. The average Bonchev–Trinajstić information content (AvgIpc) is 3.44. The Balaban J connectivity index is 1.11. The summed E-state index contributed by atoms with van der Waals surface area (Å²) in [5.41, 5.74) is 5.55. The van der Waals surface area contributed by atoms with E-state index >= 15 is 0 Å². The number of carbonyl (C=O) groups is 1. The first-order valence-electron chi connectivity index (χ1n) is 14.9. The molecular formula is C35H34F3N3O3S. The molecule has 1 fully saturated rings. The van der Waals surface area contributed by atoms with Gasteiger partial charge in [0.1, 0.15) is 0 Å². The van der Waals surface area contributed by atoms with Crippen LogP contribution in [0.2, 0.25) is 0 Å². The third-order valence-corrected chi connectivity index (χ3v) is 10.8. The van der Waals surface area contributed by atoms with Crippen LogP contribution in [0.1, 0.15) is 38.2 Å². The number of hydrogen-bond donors (Lipinski definition) is 1. The van der Waals surface area contributed by atoms with Gasteiger partial charge in [-0.2, -0.15) is 17.5 Å². The number of nitrogens with one attached hydrogen (secondary N) is 1. The van der Waals surface area contributed by atoms with Crippen molar-refractivity contribution in [2.45, 2.75) is 43.8 Å². The lowest BCUT2D eigenvalue weighted by molar-refractivity contribution is -0.137. The standard InChI is InChI=1S/C35H34F3N3O3S/c1-23-6-14-31(15-7-23)45(43,44)41-18-16-40(17-19-41)30-21-26-10-13-29(20-27(26)22-30)39-34(42)32-5-3-4-24(2)33(32)25-8-11-28(12-9-25)35(36,37)38/h3-15,20,30H,16-19,21-22H2,1-2H3,(H,39,42)/t30-/m1/s1. The molecule has 0 unspecified atom stereocenters. The van der Waals surface area contributed by atoms with Gasteiger partial charge in [-0.05, 0) is 97.0 Å². The maximum atomic E-state index is 13.5. The summed E-state index contributed by atoms with van der Waals surface area (Å²) in [5, 5.41) is 2.99. The molecule has 1 aliphatic heterocycles. The molecule has 6 nitrogen and oxygen atoms in total. The van der Waals surface area contributed by atoms with E-state index in [9.17, 15) is 26.4 Å². The van der Waals surface area contributed by atoms with Crippen molar-refractivity contribution in [3.05, 3.63) is 118 Å². The molecule has 0 aromatic heterocycles. The summed E-state index contributed by atoms with van der Waals surface area (Å²) in [7, 11) is -3.53. The molecule has 0 bridgehead atoms. The normalized spacial score (nSPS) is 17.7. The number of rotatable bonds is 6. The molecule has 234 valence electrons. The van der Waals surface area contributed by atoms with Crippen molar-refractivity contribution in [2.75, 3.05) is 31.5 Å². The van der Waals surface area contributed by atoms with Gasteiger partial charge in [0.05, 0.1) is 10.5 Å². The van der Waals surface area contributed by atoms with Gasteiger partial charge in [-0.15, -0.1) is 0 Å². The van der Waals surface area contributed by atoms with Gasteiger partial charge >= 0.3 is 6.18 Å². The highest BCUT2D eigenvalue weighted by molar-refractivity contribution is 7.89. The molecule has 1 atom stereocenters. The number of sulfonamides is 1. The van der Waals surface area contributed by atoms with E-state index < -0.39 is 21.8 Å². The Morgan fingerprint density at radius 3 is 2.16 bits per heavy atom. The van der Waals surface area contributed by atoms with E-state index in [4.69, 9.17) is 0 Å². The van der Waals surface area contributed by atoms with Crippen LogP contribution in [-0.2, 0) is 29.0 Å². The van der Waals surface area contributed by atoms with Gasteiger partial charge in [-0.1, -0.05) is 48.0 Å². The minimum absolute atomic E-state index is 0.248. The zero-order chi connectivity index (χ0) is 31.9. The van der Waals surface area contributed by atoms with Gasteiger partial charge in [0.15, 0.2) is 0 Å². The first-order valence-corrected chi connectivity index (χ1v) is 16.4. The predicted octanol–water partition coefficient (Wildman–Crippen LogP) is 6.72. The molecule has 1 aliphatic carbocycles. The van der Waals surface area contributed by atoms with Crippen LogP contribution < -0.4 is 5.32 Å². The van der Waals surface area contributed by atoms with Gasteiger partial charge in [-0.25, -0.2) is 8.42 Å². The SMILES string of the molecule is Cc1ccc(S(=O)(=O)N2CCN([C@@H]3Cc4ccc(NC(=O)c5cccc(C)c5-c5ccc(C(F)(F)F)cc5)cc4C3)CC2)cc1. The number of hydrogen-bond acceptors (Lipinski definition) is 4. The summed E-state index contributed by atoms with van der Waals surface area (Å²) in [6.07, 6.45) is -2.79. The van der Waals surface area contributed by atoms with Crippen LogP contribution in [0.5, 0.6) is 0 Å². The van der Waals surface area contributed by atoms with Crippen LogP contribution in [0.3, 0.4) is 0 Å². The molecule has 45 heavy (non-hydrogen) atoms. The highest BCUT2D eigenvalue weighted by atomic mass is 32.2. The summed E-state index contributed by atoms with van der Waals surface area (Å²) in [4.78, 5) is 16.1. The van der Waals surface area contributed by atoms with Crippen LogP contribution in [0.15, 0.2) is 89.8 Å². The van der Waals surface area contributed by atoms with E-state index in [1.807, 2.05) is 50.2 Å². The van der Waals surface area contributed by atoms with E-state index in [1.54, 1.807) is 28.6 Å². The fourth-order valence-corrected chi connectivity index (χ4v) is 7.79. The van der Waals surface area contributed by atoms with Crippen molar-refractivity contribution in [1.29, 1.82) is 0 Å². The van der Waals surface area contributed by atoms with Crippen molar-refractivity contribution in [1.82, 2.24) is 9.21 Å². The predicted molar refractivity (Wildman–Crippen MR) is 169 cm³/mol. The maximum absolute atomic E-state index is 13.5. The van der Waals surface area contributed by atoms with Crippen molar-refractivity contribution in [2.24, 2.45) is 0 Å². The van der Waals surface area contributed by atoms with Crippen molar-refractivity contribution < 1.29 is 26.4 Å². The summed E-state index contributed by atoms with van der Waals surface area (Å²) >= 11 is 0. The van der Waals surface area contributed by atoms with E-state index in [1.165, 1.54) is 17.7 Å². The molecule has 0 radical (unpaired) electrons. The maximum Gasteiger partial charge on any atom is 0.416 e. The Morgan fingerprint density at radius 1 is 0.822 bits per heavy atom. The van der Waals surface area contributed by atoms with E-state index in [0.717, 1.165) is 41.7 Å². The van der Waals surface area contributed by atoms with Crippen LogP contribution >= 0.6 is 0 Å². The van der Waals surface area contributed by atoms with Gasteiger partial charge in [0, 0.05) is 43.5 Å². The van der Waals surface area contributed by atoms with Crippen LogP contribution in [-0.4, -0.2) is 55.8 Å². The lowest BCUT2D eigenvalue weighted by Gasteiger charge is -2.37. The second-order valence-corrected chi connectivity index (χ2v) is 13.8. The summed E-state index contributed by atoms with van der Waals surface area (Å²) in [6.45, 7) is 5.92. The smallest absolute Gasteiger partial charge is 0.322 e. The molecule has 1 heterocycles. The topological polar surface area (TPSA) is 69.7 Å². The number of aryl methyl sites for hydroxylation is 2. The minimum atomic E-state index is -4.44. The number of amides is 1. The molecule has 1 amide bonds. The highest BCUT2D eigenvalue weighted by Gasteiger charge is 2.34. The van der Waals surface area contributed by atoms with Gasteiger partial charge in [0.2, 0.25) is 10.0 Å². The fourth-order valence-electron chi connectivity index (χ4n) is 6.36. The second kappa shape index (κ2) is 12.1. The highest BCUT2D eigenvalue weighted by Crippen LogP contribution is 2.34. The lowest BCUT2D eigenvalue weighted by atomic mass is 9.93. The number of anilines is 1. The van der Waals surface area contributed by atoms with Gasteiger partial charge < -0.3 is 5.32 Å². The number of benzene rings is 4. The number of carbonyl (C=O) groups excluding carboxylic acids is 1. The number of halogens is 3. The average molecular weight is 634 g/mol. The quantitative estimate of drug-likeness (QED) is 0.256. The van der Waals surface area contributed by atoms with Crippen LogP contribution in [0.4, 0.5) is 18.9 Å². The Morgan fingerprint density at radius 2 is 1.49 bits per heavy atom. The fraction of sp³-hybridized carbons (Fsp3) is 0.286. The van der Waals surface area contributed by atoms with E-state index in [2.05, 4.69) is 10.2 Å². The van der Waals surface area contributed by atoms with E-state index in [0.29, 0.717) is 53.5 Å². The molecule has 1 saturated heterocycles. The molecule has 4 aromatic rings. The number of alkyl halides is 3. The molecule has 10 heteroatoms. The second-order valence-electron chi connectivity index (χ2n) is 11.8.